The number of alkyl halides is 1. The van der Waals surface area contributed by atoms with Crippen molar-refractivity contribution in [3.8, 4) is 11.4 Å². The third-order valence-electron chi connectivity index (χ3n) is 9.92. The smallest absolute Gasteiger partial charge is 0.255 e. The predicted octanol–water partition coefficient (Wildman–Crippen LogP) is 4.66. The van der Waals surface area contributed by atoms with E-state index in [1.807, 2.05) is 6.07 Å². The van der Waals surface area contributed by atoms with E-state index in [0.29, 0.717) is 37.0 Å². The third-order valence-corrected chi connectivity index (χ3v) is 9.92. The number of rotatable bonds is 6. The van der Waals surface area contributed by atoms with Crippen molar-refractivity contribution >= 4 is 28.2 Å². The lowest BCUT2D eigenvalue weighted by Crippen LogP contribution is -2.50. The Balaban J connectivity index is 1.24. The molecule has 1 aliphatic carbocycles. The molecule has 0 bridgehead atoms. The summed E-state index contributed by atoms with van der Waals surface area (Å²) in [6.07, 6.45) is 5.05. The highest BCUT2D eigenvalue weighted by Gasteiger charge is 2.34. The number of nitrogens with two attached hydrogens (primary N) is 1. The van der Waals surface area contributed by atoms with Gasteiger partial charge in [0, 0.05) is 49.4 Å². The van der Waals surface area contributed by atoms with Crippen LogP contribution in [0.3, 0.4) is 0 Å². The number of aryl methyl sites for hydroxylation is 1. The van der Waals surface area contributed by atoms with Gasteiger partial charge >= 0.3 is 0 Å². The van der Waals surface area contributed by atoms with E-state index in [4.69, 9.17) is 10.8 Å². The van der Waals surface area contributed by atoms with Gasteiger partial charge < -0.3 is 25.2 Å². The summed E-state index contributed by atoms with van der Waals surface area (Å²) < 4.78 is 18.4. The number of amides is 2. The molecule has 3 fully saturated rings. The average Bonchev–Trinajstić information content (AvgIpc) is 3.68. The average molecular weight is 615 g/mol. The SMILES string of the molecule is Cc1c(-c2cc3cccc(C4CCN(C(=O)C(C)(C)O)CC4)c3n2CC2CC2)nn2cc(C(=O)N3C[C@H](N)C[C@@H](F)C3)ccc12. The third kappa shape index (κ3) is 5.63. The Morgan fingerprint density at radius 3 is 2.51 bits per heavy atom. The van der Waals surface area contributed by atoms with Crippen molar-refractivity contribution in [1.29, 1.82) is 0 Å². The van der Waals surface area contributed by atoms with Crippen molar-refractivity contribution in [3.05, 3.63) is 59.3 Å². The predicted molar refractivity (Wildman–Crippen MR) is 172 cm³/mol. The Kier molecular flexibility index (Phi) is 7.48. The van der Waals surface area contributed by atoms with Crippen LogP contribution in [0.2, 0.25) is 0 Å². The molecule has 7 rings (SSSR count). The van der Waals surface area contributed by atoms with Gasteiger partial charge in [-0.3, -0.25) is 9.59 Å². The Morgan fingerprint density at radius 2 is 1.82 bits per heavy atom. The van der Waals surface area contributed by atoms with E-state index in [9.17, 15) is 19.1 Å². The number of para-hydroxylation sites is 1. The second-order valence-electron chi connectivity index (χ2n) is 14.0. The maximum absolute atomic E-state index is 14.2. The van der Waals surface area contributed by atoms with E-state index in [0.717, 1.165) is 41.9 Å². The van der Waals surface area contributed by atoms with Crippen LogP contribution >= 0.6 is 0 Å². The molecule has 9 nitrogen and oxygen atoms in total. The van der Waals surface area contributed by atoms with Crippen molar-refractivity contribution < 1.29 is 19.1 Å². The van der Waals surface area contributed by atoms with Crippen LogP contribution in [-0.4, -0.2) is 84.9 Å². The van der Waals surface area contributed by atoms with Gasteiger partial charge in [-0.15, -0.1) is 0 Å². The summed E-state index contributed by atoms with van der Waals surface area (Å²) >= 11 is 0. The fourth-order valence-electron chi connectivity index (χ4n) is 7.37. The molecular weight excluding hydrogens is 571 g/mol. The van der Waals surface area contributed by atoms with Crippen LogP contribution in [0.15, 0.2) is 42.6 Å². The van der Waals surface area contributed by atoms with Crippen LogP contribution in [0.25, 0.3) is 27.8 Å². The molecule has 0 unspecified atom stereocenters. The summed E-state index contributed by atoms with van der Waals surface area (Å²) in [4.78, 5) is 29.3. The normalized spacial score (nSPS) is 21.6. The highest BCUT2D eigenvalue weighted by atomic mass is 19.1. The van der Waals surface area contributed by atoms with Gasteiger partial charge in [0.05, 0.1) is 28.8 Å². The number of halogens is 1. The van der Waals surface area contributed by atoms with Gasteiger partial charge in [-0.05, 0) is 88.5 Å². The number of hydrogen-bond acceptors (Lipinski definition) is 5. The van der Waals surface area contributed by atoms with Crippen LogP contribution in [0.1, 0.15) is 73.4 Å². The Labute approximate surface area is 262 Å². The number of likely N-dealkylation sites (tertiary alicyclic amines) is 2. The topological polar surface area (TPSA) is 109 Å². The van der Waals surface area contributed by atoms with E-state index in [1.165, 1.54) is 34.2 Å². The molecule has 10 heteroatoms. The molecule has 238 valence electrons. The van der Waals surface area contributed by atoms with Gasteiger partial charge in [0.2, 0.25) is 0 Å². The molecule has 2 amide bonds. The first-order chi connectivity index (χ1) is 21.5. The molecule has 4 aromatic rings. The molecule has 3 aliphatic rings. The molecule has 5 heterocycles. The number of aliphatic hydroxyl groups is 1. The molecule has 45 heavy (non-hydrogen) atoms. The van der Waals surface area contributed by atoms with Gasteiger partial charge in [-0.25, -0.2) is 8.91 Å². The molecule has 0 radical (unpaired) electrons. The summed E-state index contributed by atoms with van der Waals surface area (Å²) in [7, 11) is 0. The fourth-order valence-corrected chi connectivity index (χ4v) is 7.37. The lowest BCUT2D eigenvalue weighted by Gasteiger charge is -2.35. The first kappa shape index (κ1) is 29.9. The minimum absolute atomic E-state index is 0.0618. The first-order valence-electron chi connectivity index (χ1n) is 16.3. The van der Waals surface area contributed by atoms with Crippen LogP contribution in [0.5, 0.6) is 0 Å². The van der Waals surface area contributed by atoms with E-state index in [-0.39, 0.29) is 30.8 Å². The molecule has 2 saturated heterocycles. The summed E-state index contributed by atoms with van der Waals surface area (Å²) in [6, 6.07) is 12.1. The molecule has 3 aromatic heterocycles. The number of hydrogen-bond donors (Lipinski definition) is 2. The maximum atomic E-state index is 14.2. The second-order valence-corrected chi connectivity index (χ2v) is 14.0. The van der Waals surface area contributed by atoms with Crippen molar-refractivity contribution in [2.45, 2.75) is 83.2 Å². The molecule has 2 aliphatic heterocycles. The van der Waals surface area contributed by atoms with Crippen LogP contribution in [0.4, 0.5) is 4.39 Å². The zero-order valence-electron chi connectivity index (χ0n) is 26.4. The number of fused-ring (bicyclic) bond motifs is 2. The number of nitrogens with zero attached hydrogens (tertiary/aromatic N) is 5. The molecule has 1 aromatic carbocycles. The fraction of sp³-hybridized carbons (Fsp3) is 0.514. The summed E-state index contributed by atoms with van der Waals surface area (Å²) in [5, 5.41) is 16.5. The van der Waals surface area contributed by atoms with Crippen molar-refractivity contribution in [3.63, 3.8) is 0 Å². The van der Waals surface area contributed by atoms with Gasteiger partial charge in [0.25, 0.3) is 11.8 Å². The zero-order valence-corrected chi connectivity index (χ0v) is 26.4. The van der Waals surface area contributed by atoms with Crippen LogP contribution in [-0.2, 0) is 11.3 Å². The highest BCUT2D eigenvalue weighted by Crippen LogP contribution is 2.41. The van der Waals surface area contributed by atoms with Gasteiger partial charge in [-0.2, -0.15) is 5.10 Å². The lowest BCUT2D eigenvalue weighted by atomic mass is 9.87. The highest BCUT2D eigenvalue weighted by molar-refractivity contribution is 5.95. The molecule has 3 N–H and O–H groups in total. The van der Waals surface area contributed by atoms with Crippen molar-refractivity contribution in [2.75, 3.05) is 26.2 Å². The largest absolute Gasteiger partial charge is 0.381 e. The lowest BCUT2D eigenvalue weighted by molar-refractivity contribution is -0.148. The van der Waals surface area contributed by atoms with E-state index >= 15 is 0 Å². The van der Waals surface area contributed by atoms with Gasteiger partial charge in [0.1, 0.15) is 17.5 Å². The number of carbonyl (C=O) groups is 2. The first-order valence-corrected chi connectivity index (χ1v) is 16.3. The minimum atomic E-state index is -1.36. The minimum Gasteiger partial charge on any atom is -0.381 e. The maximum Gasteiger partial charge on any atom is 0.255 e. The van der Waals surface area contributed by atoms with E-state index in [1.54, 1.807) is 35.5 Å². The van der Waals surface area contributed by atoms with Crippen LogP contribution in [0, 0.1) is 12.8 Å². The number of benzene rings is 1. The van der Waals surface area contributed by atoms with E-state index < -0.39 is 11.8 Å². The quantitative estimate of drug-likeness (QED) is 0.328. The monoisotopic (exact) mass is 614 g/mol. The Morgan fingerprint density at radius 1 is 1.07 bits per heavy atom. The summed E-state index contributed by atoms with van der Waals surface area (Å²) in [5.41, 5.74) is 11.6. The van der Waals surface area contributed by atoms with Gasteiger partial charge in [-0.1, -0.05) is 18.2 Å². The van der Waals surface area contributed by atoms with E-state index in [2.05, 4.69) is 35.8 Å². The van der Waals surface area contributed by atoms with Gasteiger partial charge in [0.15, 0.2) is 0 Å². The molecule has 1 saturated carbocycles. The number of piperidine rings is 2. The van der Waals surface area contributed by atoms with Crippen molar-refractivity contribution in [1.82, 2.24) is 24.0 Å². The van der Waals surface area contributed by atoms with Crippen LogP contribution < -0.4 is 5.73 Å². The van der Waals surface area contributed by atoms with Crippen molar-refractivity contribution in [2.24, 2.45) is 11.7 Å². The Bertz CT molecular complexity index is 1770. The number of pyridine rings is 1. The second kappa shape index (κ2) is 11.2. The standard InChI is InChI=1S/C35H43FN6O3/c1-21-29-10-9-25(33(43)40-19-26(36)16-27(37)20-40)18-42(29)38-31(21)30-15-24-5-4-6-28(32(24)41(30)17-22-7-8-22)23-11-13-39(14-12-23)34(44)35(2,3)45/h4-6,9-10,15,18,22-23,26-27,45H,7-8,11-14,16-17,19-20,37H2,1-3H3/t26-,27-/m1/s1. The zero-order chi connectivity index (χ0) is 31.6. The molecule has 2 atom stereocenters. The number of carbonyl (C=O) groups excluding carboxylic acids is 2. The summed E-state index contributed by atoms with van der Waals surface area (Å²) in [5.74, 6) is 0.502. The Hall–Kier alpha value is -3.76. The molecule has 0 spiro atoms. The number of aromatic nitrogens is 3. The summed E-state index contributed by atoms with van der Waals surface area (Å²) in [6.45, 7) is 7.77. The molecular formula is C35H43FN6O3.